The van der Waals surface area contributed by atoms with E-state index in [9.17, 15) is 4.39 Å². The van der Waals surface area contributed by atoms with Gasteiger partial charge in [0, 0.05) is 12.1 Å². The lowest BCUT2D eigenvalue weighted by Crippen LogP contribution is -2.01. The third-order valence-electron chi connectivity index (χ3n) is 2.30. The minimum Gasteiger partial charge on any atom is -0.494 e. The van der Waals surface area contributed by atoms with Crippen LogP contribution in [0.5, 0.6) is 5.75 Å². The summed E-state index contributed by atoms with van der Waals surface area (Å²) in [5, 5.41) is 6.96. The average Bonchev–Trinajstić information content (AvgIpc) is 2.73. The second-order valence-corrected chi connectivity index (χ2v) is 3.63. The highest BCUT2D eigenvalue weighted by atomic mass is 19.1. The molecule has 0 atom stereocenters. The molecule has 0 aliphatic carbocycles. The Bertz CT molecular complexity index is 511. The van der Waals surface area contributed by atoms with Crippen molar-refractivity contribution < 1.29 is 13.7 Å². The molecule has 0 aliphatic rings. The van der Waals surface area contributed by atoms with Crippen LogP contribution in [-0.4, -0.2) is 12.3 Å². The number of benzene rings is 1. The van der Waals surface area contributed by atoms with Crippen molar-refractivity contribution in [3.05, 3.63) is 41.5 Å². The van der Waals surface area contributed by atoms with Gasteiger partial charge >= 0.3 is 0 Å². The largest absolute Gasteiger partial charge is 0.494 e. The van der Waals surface area contributed by atoms with E-state index in [1.165, 1.54) is 19.2 Å². The normalized spacial score (nSPS) is 10.3. The van der Waals surface area contributed by atoms with Gasteiger partial charge in [-0.3, -0.25) is 0 Å². The van der Waals surface area contributed by atoms with Crippen molar-refractivity contribution >= 4 is 5.69 Å². The molecule has 4 nitrogen and oxygen atoms in total. The van der Waals surface area contributed by atoms with Crippen molar-refractivity contribution in [2.24, 2.45) is 0 Å². The number of aryl methyl sites for hydroxylation is 1. The van der Waals surface area contributed by atoms with Crippen LogP contribution in [0.1, 0.15) is 11.5 Å². The summed E-state index contributed by atoms with van der Waals surface area (Å²) in [5.74, 6) is 0.891. The highest BCUT2D eigenvalue weighted by Gasteiger charge is 2.05. The molecular weight excluding hydrogens is 223 g/mol. The van der Waals surface area contributed by atoms with E-state index in [0.717, 1.165) is 17.1 Å². The zero-order valence-electron chi connectivity index (χ0n) is 9.66. The zero-order valence-corrected chi connectivity index (χ0v) is 9.66. The number of methoxy groups -OCH3 is 1. The number of rotatable bonds is 4. The molecular formula is C12H13FN2O2. The Hall–Kier alpha value is -2.04. The van der Waals surface area contributed by atoms with E-state index in [1.54, 1.807) is 6.07 Å². The van der Waals surface area contributed by atoms with Gasteiger partial charge in [-0.05, 0) is 19.1 Å². The molecule has 1 N–H and O–H groups in total. The Labute approximate surface area is 98.4 Å². The fourth-order valence-electron chi connectivity index (χ4n) is 1.50. The molecule has 5 heteroatoms. The Kier molecular flexibility index (Phi) is 3.27. The summed E-state index contributed by atoms with van der Waals surface area (Å²) in [5.41, 5.74) is 1.50. The molecule has 0 amide bonds. The Morgan fingerprint density at radius 2 is 2.24 bits per heavy atom. The number of ether oxygens (including phenoxy) is 1. The molecule has 1 aromatic heterocycles. The molecule has 1 aromatic carbocycles. The molecule has 0 bridgehead atoms. The molecule has 1 heterocycles. The van der Waals surface area contributed by atoms with Gasteiger partial charge in [-0.25, -0.2) is 4.39 Å². The van der Waals surface area contributed by atoms with Gasteiger partial charge in [0.25, 0.3) is 0 Å². The summed E-state index contributed by atoms with van der Waals surface area (Å²) < 4.78 is 23.0. The van der Waals surface area contributed by atoms with Crippen LogP contribution in [0.15, 0.2) is 28.8 Å². The summed E-state index contributed by atoms with van der Waals surface area (Å²) in [4.78, 5) is 0. The maximum absolute atomic E-state index is 13.0. The number of halogens is 1. The number of hydrogen-bond acceptors (Lipinski definition) is 4. The Morgan fingerprint density at radius 1 is 1.41 bits per heavy atom. The highest BCUT2D eigenvalue weighted by molar-refractivity contribution is 5.56. The molecule has 0 saturated heterocycles. The summed E-state index contributed by atoms with van der Waals surface area (Å²) in [6.07, 6.45) is 0. The first-order chi connectivity index (χ1) is 8.19. The fraction of sp³-hybridized carbons (Fsp3) is 0.250. The first kappa shape index (κ1) is 11.4. The van der Waals surface area contributed by atoms with Crippen LogP contribution in [0.25, 0.3) is 0 Å². The number of nitrogens with zero attached hydrogens (tertiary/aromatic N) is 1. The summed E-state index contributed by atoms with van der Waals surface area (Å²) in [7, 11) is 1.50. The van der Waals surface area contributed by atoms with Crippen LogP contribution in [-0.2, 0) is 6.54 Å². The second-order valence-electron chi connectivity index (χ2n) is 3.63. The minimum absolute atomic E-state index is 0.329. The maximum Gasteiger partial charge on any atom is 0.144 e. The van der Waals surface area contributed by atoms with E-state index < -0.39 is 0 Å². The third-order valence-corrected chi connectivity index (χ3v) is 2.30. The van der Waals surface area contributed by atoms with Crippen molar-refractivity contribution in [1.82, 2.24) is 5.16 Å². The van der Waals surface area contributed by atoms with Crippen molar-refractivity contribution in [1.29, 1.82) is 0 Å². The molecule has 0 saturated carbocycles. The molecule has 0 radical (unpaired) electrons. The van der Waals surface area contributed by atoms with Crippen LogP contribution in [0.2, 0.25) is 0 Å². The summed E-state index contributed by atoms with van der Waals surface area (Å²) in [6, 6.07) is 6.17. The van der Waals surface area contributed by atoms with Gasteiger partial charge in [-0.2, -0.15) is 0 Å². The topological polar surface area (TPSA) is 47.3 Å². The highest BCUT2D eigenvalue weighted by Crippen LogP contribution is 2.25. The zero-order chi connectivity index (χ0) is 12.3. The number of aromatic nitrogens is 1. The molecule has 0 spiro atoms. The van der Waals surface area contributed by atoms with Crippen molar-refractivity contribution in [2.45, 2.75) is 13.5 Å². The van der Waals surface area contributed by atoms with Gasteiger partial charge in [-0.1, -0.05) is 5.16 Å². The first-order valence-corrected chi connectivity index (χ1v) is 5.18. The van der Waals surface area contributed by atoms with Crippen LogP contribution in [0, 0.1) is 12.7 Å². The predicted molar refractivity (Wildman–Crippen MR) is 61.5 cm³/mol. The van der Waals surface area contributed by atoms with E-state index in [0.29, 0.717) is 12.3 Å². The van der Waals surface area contributed by atoms with Crippen LogP contribution < -0.4 is 10.1 Å². The van der Waals surface area contributed by atoms with E-state index in [1.807, 2.05) is 13.0 Å². The van der Waals surface area contributed by atoms with Gasteiger partial charge in [0.15, 0.2) is 0 Å². The SMILES string of the molecule is COc1cc(F)ccc1NCc1cc(C)on1. The van der Waals surface area contributed by atoms with Crippen LogP contribution in [0.4, 0.5) is 10.1 Å². The lowest BCUT2D eigenvalue weighted by Gasteiger charge is -2.09. The van der Waals surface area contributed by atoms with Crippen molar-refractivity contribution in [3.8, 4) is 5.75 Å². The van der Waals surface area contributed by atoms with Gasteiger partial charge in [0.05, 0.1) is 19.3 Å². The second kappa shape index (κ2) is 4.86. The van der Waals surface area contributed by atoms with Gasteiger partial charge in [0.2, 0.25) is 0 Å². The first-order valence-electron chi connectivity index (χ1n) is 5.18. The van der Waals surface area contributed by atoms with E-state index in [4.69, 9.17) is 9.26 Å². The standard InChI is InChI=1S/C12H13FN2O2/c1-8-5-10(15-17-8)7-14-11-4-3-9(13)6-12(11)16-2/h3-6,14H,7H2,1-2H3. The van der Waals surface area contributed by atoms with Crippen molar-refractivity contribution in [3.63, 3.8) is 0 Å². The van der Waals surface area contributed by atoms with E-state index in [-0.39, 0.29) is 5.82 Å². The third kappa shape index (κ3) is 2.75. The smallest absolute Gasteiger partial charge is 0.144 e. The molecule has 17 heavy (non-hydrogen) atoms. The molecule has 0 fully saturated rings. The molecule has 90 valence electrons. The molecule has 2 aromatic rings. The molecule has 2 rings (SSSR count). The number of anilines is 1. The van der Waals surface area contributed by atoms with Gasteiger partial charge in [-0.15, -0.1) is 0 Å². The average molecular weight is 236 g/mol. The van der Waals surface area contributed by atoms with Gasteiger partial charge in [0.1, 0.15) is 23.0 Å². The molecule has 0 unspecified atom stereocenters. The van der Waals surface area contributed by atoms with Crippen molar-refractivity contribution in [2.75, 3.05) is 12.4 Å². The van der Waals surface area contributed by atoms with E-state index in [2.05, 4.69) is 10.5 Å². The number of hydrogen-bond donors (Lipinski definition) is 1. The summed E-state index contributed by atoms with van der Waals surface area (Å²) >= 11 is 0. The molecule has 0 aliphatic heterocycles. The quantitative estimate of drug-likeness (QED) is 0.886. The van der Waals surface area contributed by atoms with Crippen LogP contribution >= 0.6 is 0 Å². The van der Waals surface area contributed by atoms with Gasteiger partial charge < -0.3 is 14.6 Å². The summed E-state index contributed by atoms with van der Waals surface area (Å²) in [6.45, 7) is 2.33. The predicted octanol–water partition coefficient (Wildman–Crippen LogP) is 2.74. The van der Waals surface area contributed by atoms with E-state index >= 15 is 0 Å². The number of nitrogens with one attached hydrogen (secondary N) is 1. The lowest BCUT2D eigenvalue weighted by molar-refractivity contribution is 0.391. The Balaban J connectivity index is 2.08. The lowest BCUT2D eigenvalue weighted by atomic mass is 10.2. The fourth-order valence-corrected chi connectivity index (χ4v) is 1.50. The minimum atomic E-state index is -0.329. The monoisotopic (exact) mass is 236 g/mol. The maximum atomic E-state index is 13.0. The Morgan fingerprint density at radius 3 is 2.88 bits per heavy atom. The van der Waals surface area contributed by atoms with Crippen LogP contribution in [0.3, 0.4) is 0 Å².